The number of aryl methyl sites for hydroxylation is 1. The molecular formula is C13H10FNO3. The lowest BCUT2D eigenvalue weighted by Crippen LogP contribution is -2.18. The van der Waals surface area contributed by atoms with Crippen molar-refractivity contribution in [3.63, 3.8) is 0 Å². The molecule has 1 aromatic heterocycles. The number of aromatic nitrogens is 1. The molecule has 2 aromatic rings. The topological polar surface area (TPSA) is 59.3 Å². The van der Waals surface area contributed by atoms with Gasteiger partial charge in [-0.3, -0.25) is 4.79 Å². The predicted molar refractivity (Wildman–Crippen MR) is 63.7 cm³/mol. The number of hydrogen-bond donors (Lipinski definition) is 1. The summed E-state index contributed by atoms with van der Waals surface area (Å²) in [4.78, 5) is 22.4. The molecule has 0 aliphatic carbocycles. The molecular weight excluding hydrogens is 237 g/mol. The molecule has 1 N–H and O–H groups in total. The minimum Gasteiger partial charge on any atom is -0.477 e. The molecule has 5 heteroatoms. The number of aromatic carboxylic acids is 1. The maximum atomic E-state index is 13.6. The Hall–Kier alpha value is -2.43. The second-order valence-electron chi connectivity index (χ2n) is 3.82. The minimum atomic E-state index is -1.33. The summed E-state index contributed by atoms with van der Waals surface area (Å²) >= 11 is 0. The monoisotopic (exact) mass is 247 g/mol. The van der Waals surface area contributed by atoms with Gasteiger partial charge in [-0.05, 0) is 19.1 Å². The van der Waals surface area contributed by atoms with Gasteiger partial charge in [-0.1, -0.05) is 12.1 Å². The third-order valence-corrected chi connectivity index (χ3v) is 2.59. The standard InChI is InChI=1S/C13H10FNO3/c1-8-6-12(16)9(13(17)18)7-15(8)11-5-3-2-4-10(11)14/h2-7H,1H3,(H,17,18). The number of rotatable bonds is 2. The van der Waals surface area contributed by atoms with Gasteiger partial charge in [0, 0.05) is 18.0 Å². The van der Waals surface area contributed by atoms with E-state index in [1.807, 2.05) is 0 Å². The zero-order valence-electron chi connectivity index (χ0n) is 9.55. The number of benzene rings is 1. The zero-order valence-corrected chi connectivity index (χ0v) is 9.55. The third-order valence-electron chi connectivity index (χ3n) is 2.59. The van der Waals surface area contributed by atoms with Crippen molar-refractivity contribution in [1.29, 1.82) is 0 Å². The summed E-state index contributed by atoms with van der Waals surface area (Å²) in [7, 11) is 0. The molecule has 0 spiro atoms. The van der Waals surface area contributed by atoms with Crippen molar-refractivity contribution in [3.8, 4) is 5.69 Å². The molecule has 2 rings (SSSR count). The van der Waals surface area contributed by atoms with Crippen LogP contribution in [0.3, 0.4) is 0 Å². The summed E-state index contributed by atoms with van der Waals surface area (Å²) in [6.07, 6.45) is 1.14. The molecule has 0 atom stereocenters. The average molecular weight is 247 g/mol. The van der Waals surface area contributed by atoms with Gasteiger partial charge in [-0.15, -0.1) is 0 Å². The molecule has 0 amide bonds. The highest BCUT2D eigenvalue weighted by atomic mass is 19.1. The van der Waals surface area contributed by atoms with Crippen LogP contribution in [-0.4, -0.2) is 15.6 Å². The van der Waals surface area contributed by atoms with Crippen molar-refractivity contribution in [2.45, 2.75) is 6.92 Å². The Balaban J connectivity index is 2.73. The second kappa shape index (κ2) is 4.44. The van der Waals surface area contributed by atoms with Crippen molar-refractivity contribution in [1.82, 2.24) is 4.57 Å². The number of nitrogens with zero attached hydrogens (tertiary/aromatic N) is 1. The number of para-hydroxylation sites is 1. The number of pyridine rings is 1. The first-order valence-corrected chi connectivity index (χ1v) is 5.22. The van der Waals surface area contributed by atoms with Crippen molar-refractivity contribution in [2.75, 3.05) is 0 Å². The molecule has 18 heavy (non-hydrogen) atoms. The van der Waals surface area contributed by atoms with Gasteiger partial charge in [0.15, 0.2) is 5.43 Å². The summed E-state index contributed by atoms with van der Waals surface area (Å²) in [6.45, 7) is 1.61. The van der Waals surface area contributed by atoms with Crippen LogP contribution in [0.4, 0.5) is 4.39 Å². The molecule has 92 valence electrons. The van der Waals surface area contributed by atoms with Crippen LogP contribution in [-0.2, 0) is 0 Å². The highest BCUT2D eigenvalue weighted by molar-refractivity contribution is 5.87. The summed E-state index contributed by atoms with van der Waals surface area (Å²) in [6, 6.07) is 7.13. The SMILES string of the molecule is Cc1cc(=O)c(C(=O)O)cn1-c1ccccc1F. The van der Waals surface area contributed by atoms with Gasteiger partial charge < -0.3 is 9.67 Å². The molecule has 0 radical (unpaired) electrons. The molecule has 0 aliphatic rings. The van der Waals surface area contributed by atoms with Gasteiger partial charge in [-0.25, -0.2) is 9.18 Å². The summed E-state index contributed by atoms with van der Waals surface area (Å²) in [5.74, 6) is -1.81. The van der Waals surface area contributed by atoms with Gasteiger partial charge in [-0.2, -0.15) is 0 Å². The van der Waals surface area contributed by atoms with Crippen molar-refractivity contribution in [2.24, 2.45) is 0 Å². The summed E-state index contributed by atoms with van der Waals surface area (Å²) < 4.78 is 15.0. The molecule has 0 unspecified atom stereocenters. The molecule has 0 fully saturated rings. The van der Waals surface area contributed by atoms with Crippen LogP contribution in [0.2, 0.25) is 0 Å². The van der Waals surface area contributed by atoms with Gasteiger partial charge >= 0.3 is 5.97 Å². The van der Waals surface area contributed by atoms with E-state index >= 15 is 0 Å². The third kappa shape index (κ3) is 2.02. The zero-order chi connectivity index (χ0) is 13.3. The van der Waals surface area contributed by atoms with E-state index in [9.17, 15) is 14.0 Å². The van der Waals surface area contributed by atoms with Crippen molar-refractivity contribution in [3.05, 3.63) is 63.8 Å². The Morgan fingerprint density at radius 3 is 2.61 bits per heavy atom. The quantitative estimate of drug-likeness (QED) is 0.882. The number of hydrogen-bond acceptors (Lipinski definition) is 2. The van der Waals surface area contributed by atoms with Gasteiger partial charge in [0.05, 0.1) is 5.69 Å². The van der Waals surface area contributed by atoms with E-state index in [4.69, 9.17) is 5.11 Å². The highest BCUT2D eigenvalue weighted by Crippen LogP contribution is 2.14. The number of carbonyl (C=O) groups is 1. The molecule has 0 bridgehead atoms. The Morgan fingerprint density at radius 1 is 1.33 bits per heavy atom. The highest BCUT2D eigenvalue weighted by Gasteiger charge is 2.13. The molecule has 1 heterocycles. The average Bonchev–Trinajstić information content (AvgIpc) is 2.30. The fourth-order valence-corrected chi connectivity index (χ4v) is 1.70. The second-order valence-corrected chi connectivity index (χ2v) is 3.82. The van der Waals surface area contributed by atoms with E-state index in [1.165, 1.54) is 28.8 Å². The lowest BCUT2D eigenvalue weighted by Gasteiger charge is -2.12. The molecule has 0 saturated carbocycles. The van der Waals surface area contributed by atoms with Crippen LogP contribution in [0, 0.1) is 12.7 Å². The van der Waals surface area contributed by atoms with Gasteiger partial charge in [0.25, 0.3) is 0 Å². The normalized spacial score (nSPS) is 10.3. The lowest BCUT2D eigenvalue weighted by molar-refractivity contribution is 0.0694. The first kappa shape index (κ1) is 12.0. The van der Waals surface area contributed by atoms with E-state index in [0.717, 1.165) is 6.20 Å². The Bertz CT molecular complexity index is 676. The summed E-state index contributed by atoms with van der Waals surface area (Å²) in [5.41, 5.74) is -0.302. The van der Waals surface area contributed by atoms with E-state index in [1.54, 1.807) is 13.0 Å². The van der Waals surface area contributed by atoms with Crippen molar-refractivity contribution < 1.29 is 14.3 Å². The van der Waals surface area contributed by atoms with Crippen LogP contribution in [0.15, 0.2) is 41.3 Å². The van der Waals surface area contributed by atoms with Crippen molar-refractivity contribution >= 4 is 5.97 Å². The van der Waals surface area contributed by atoms with Crippen LogP contribution >= 0.6 is 0 Å². The number of carboxylic acids is 1. The molecule has 0 saturated heterocycles. The predicted octanol–water partition coefficient (Wildman–Crippen LogP) is 1.98. The Kier molecular flexibility index (Phi) is 2.97. The first-order chi connectivity index (χ1) is 8.50. The van der Waals surface area contributed by atoms with Crippen LogP contribution in [0.25, 0.3) is 5.69 Å². The molecule has 4 nitrogen and oxygen atoms in total. The number of halogens is 1. The smallest absolute Gasteiger partial charge is 0.341 e. The van der Waals surface area contributed by atoms with Gasteiger partial charge in [0.1, 0.15) is 11.4 Å². The molecule has 0 aliphatic heterocycles. The summed E-state index contributed by atoms with van der Waals surface area (Å²) in [5, 5.41) is 8.89. The van der Waals surface area contributed by atoms with Crippen LogP contribution in [0.1, 0.15) is 16.1 Å². The van der Waals surface area contributed by atoms with Gasteiger partial charge in [0.2, 0.25) is 0 Å². The minimum absolute atomic E-state index is 0.206. The largest absolute Gasteiger partial charge is 0.477 e. The van der Waals surface area contributed by atoms with E-state index in [2.05, 4.69) is 0 Å². The maximum Gasteiger partial charge on any atom is 0.341 e. The van der Waals surface area contributed by atoms with Crippen LogP contribution < -0.4 is 5.43 Å². The maximum absolute atomic E-state index is 13.6. The van der Waals surface area contributed by atoms with E-state index in [0.29, 0.717) is 5.69 Å². The Morgan fingerprint density at radius 2 is 2.00 bits per heavy atom. The molecule has 1 aromatic carbocycles. The van der Waals surface area contributed by atoms with E-state index in [-0.39, 0.29) is 11.3 Å². The lowest BCUT2D eigenvalue weighted by atomic mass is 10.2. The fraction of sp³-hybridized carbons (Fsp3) is 0.0769. The first-order valence-electron chi connectivity index (χ1n) is 5.22. The fourth-order valence-electron chi connectivity index (χ4n) is 1.70. The Labute approximate surface area is 102 Å². The van der Waals surface area contributed by atoms with E-state index < -0.39 is 17.2 Å². The van der Waals surface area contributed by atoms with Crippen LogP contribution in [0.5, 0.6) is 0 Å². The number of carboxylic acid groups (broad SMARTS) is 1.